The fraction of sp³-hybridized carbons (Fsp3) is 0.167. The van der Waals surface area contributed by atoms with Gasteiger partial charge >= 0.3 is 0 Å². The van der Waals surface area contributed by atoms with Crippen LogP contribution in [0.3, 0.4) is 0 Å². The van der Waals surface area contributed by atoms with Crippen molar-refractivity contribution < 1.29 is 27.5 Å². The van der Waals surface area contributed by atoms with Crippen LogP contribution >= 0.6 is 0 Å². The summed E-state index contributed by atoms with van der Waals surface area (Å²) >= 11 is 0. The molecule has 10 heteroatoms. The van der Waals surface area contributed by atoms with Gasteiger partial charge in [-0.05, 0) is 54.6 Å². The summed E-state index contributed by atoms with van der Waals surface area (Å²) in [4.78, 5) is 26.6. The maximum Gasteiger partial charge on any atom is 0.262 e. The normalized spacial score (nSPS) is 15.8. The Morgan fingerprint density at radius 2 is 1.65 bits per heavy atom. The topological polar surface area (TPSA) is 114 Å². The summed E-state index contributed by atoms with van der Waals surface area (Å²) in [7, 11) is -0.951. The molecule has 0 spiro atoms. The van der Waals surface area contributed by atoms with Gasteiger partial charge in [0.05, 0.1) is 36.9 Å². The van der Waals surface area contributed by atoms with Crippen molar-refractivity contribution in [2.24, 2.45) is 0 Å². The van der Waals surface area contributed by atoms with Gasteiger partial charge in [0.15, 0.2) is 0 Å². The first kappa shape index (κ1) is 23.1. The van der Waals surface area contributed by atoms with Gasteiger partial charge in [-0.25, -0.2) is 13.3 Å². The van der Waals surface area contributed by atoms with E-state index < -0.39 is 22.0 Å². The Kier molecular flexibility index (Phi) is 6.42. The molecule has 176 valence electrons. The van der Waals surface area contributed by atoms with Gasteiger partial charge in [0, 0.05) is 5.69 Å². The van der Waals surface area contributed by atoms with Gasteiger partial charge in [0.2, 0.25) is 5.91 Å². The zero-order chi connectivity index (χ0) is 24.3. The molecule has 1 aliphatic heterocycles. The number of carbonyl (C=O) groups excluding carboxylic acids is 2. The van der Waals surface area contributed by atoms with Crippen LogP contribution in [-0.4, -0.2) is 40.5 Å². The second-order valence-corrected chi connectivity index (χ2v) is 9.18. The minimum atomic E-state index is -3.93. The molecule has 0 saturated carbocycles. The van der Waals surface area contributed by atoms with Crippen LogP contribution in [0.1, 0.15) is 6.42 Å². The maximum atomic E-state index is 12.9. The molecular formula is C24H23N3O6S. The second-order valence-electron chi connectivity index (χ2n) is 7.50. The van der Waals surface area contributed by atoms with E-state index in [1.54, 1.807) is 60.7 Å². The summed E-state index contributed by atoms with van der Waals surface area (Å²) in [6.45, 7) is 0. The van der Waals surface area contributed by atoms with Gasteiger partial charge < -0.3 is 14.8 Å². The van der Waals surface area contributed by atoms with Crippen molar-refractivity contribution in [3.8, 4) is 11.5 Å². The number of hydrogen-bond donors (Lipinski definition) is 2. The number of nitrogens with one attached hydrogen (secondary N) is 2. The van der Waals surface area contributed by atoms with E-state index in [0.29, 0.717) is 28.6 Å². The minimum absolute atomic E-state index is 0.00723. The SMILES string of the molecule is COc1ccc(N2C(=O)C[C@H](Nc3cccc(S(=O)(=O)Nc4ccccc4OC)c3)C2=O)cc1. The van der Waals surface area contributed by atoms with Gasteiger partial charge in [-0.2, -0.15) is 0 Å². The van der Waals surface area contributed by atoms with Crippen LogP contribution in [0.15, 0.2) is 77.7 Å². The van der Waals surface area contributed by atoms with E-state index in [0.717, 1.165) is 4.90 Å². The van der Waals surface area contributed by atoms with Crippen LogP contribution in [0.4, 0.5) is 17.1 Å². The lowest BCUT2D eigenvalue weighted by atomic mass is 10.2. The lowest BCUT2D eigenvalue weighted by molar-refractivity contribution is -0.121. The quantitative estimate of drug-likeness (QED) is 0.475. The lowest BCUT2D eigenvalue weighted by Gasteiger charge is -2.17. The summed E-state index contributed by atoms with van der Waals surface area (Å²) in [5.41, 5.74) is 1.14. The third-order valence-electron chi connectivity index (χ3n) is 5.31. The van der Waals surface area contributed by atoms with Crippen molar-refractivity contribution in [3.05, 3.63) is 72.8 Å². The number of rotatable bonds is 8. The molecule has 2 amide bonds. The number of imide groups is 1. The van der Waals surface area contributed by atoms with Gasteiger partial charge in [-0.3, -0.25) is 14.3 Å². The molecule has 3 aromatic rings. The Balaban J connectivity index is 1.52. The third-order valence-corrected chi connectivity index (χ3v) is 6.68. The molecule has 3 aromatic carbocycles. The van der Waals surface area contributed by atoms with E-state index in [1.807, 2.05) is 0 Å². The fourth-order valence-corrected chi connectivity index (χ4v) is 4.75. The molecule has 0 radical (unpaired) electrons. The molecule has 34 heavy (non-hydrogen) atoms. The van der Waals surface area contributed by atoms with Gasteiger partial charge in [0.1, 0.15) is 17.5 Å². The average Bonchev–Trinajstić information content (AvgIpc) is 3.12. The average molecular weight is 482 g/mol. The second kappa shape index (κ2) is 9.44. The molecule has 4 rings (SSSR count). The predicted molar refractivity (Wildman–Crippen MR) is 128 cm³/mol. The number of para-hydroxylation sites is 2. The van der Waals surface area contributed by atoms with Crippen molar-refractivity contribution in [3.63, 3.8) is 0 Å². The van der Waals surface area contributed by atoms with Crippen molar-refractivity contribution in [1.82, 2.24) is 0 Å². The Bertz CT molecular complexity index is 1320. The highest BCUT2D eigenvalue weighted by molar-refractivity contribution is 7.92. The van der Waals surface area contributed by atoms with E-state index >= 15 is 0 Å². The molecule has 2 N–H and O–H groups in total. The van der Waals surface area contributed by atoms with E-state index in [9.17, 15) is 18.0 Å². The van der Waals surface area contributed by atoms with Crippen LogP contribution < -0.4 is 24.4 Å². The molecule has 1 fully saturated rings. The van der Waals surface area contributed by atoms with Gasteiger partial charge in [-0.1, -0.05) is 18.2 Å². The zero-order valence-electron chi connectivity index (χ0n) is 18.5. The highest BCUT2D eigenvalue weighted by Gasteiger charge is 2.39. The fourth-order valence-electron chi connectivity index (χ4n) is 3.63. The van der Waals surface area contributed by atoms with E-state index in [-0.39, 0.29) is 17.2 Å². The summed E-state index contributed by atoms with van der Waals surface area (Å²) in [5.74, 6) is 0.219. The van der Waals surface area contributed by atoms with E-state index in [4.69, 9.17) is 9.47 Å². The molecule has 0 aromatic heterocycles. The van der Waals surface area contributed by atoms with E-state index in [1.165, 1.54) is 26.4 Å². The summed E-state index contributed by atoms with van der Waals surface area (Å²) in [6, 6.07) is 18.5. The van der Waals surface area contributed by atoms with Crippen molar-refractivity contribution in [1.29, 1.82) is 0 Å². The molecule has 0 bridgehead atoms. The van der Waals surface area contributed by atoms with Crippen LogP contribution in [0, 0.1) is 0 Å². The number of hydrogen-bond acceptors (Lipinski definition) is 7. The summed E-state index contributed by atoms with van der Waals surface area (Å²) in [6.07, 6.45) is -0.0543. The molecule has 1 saturated heterocycles. The molecule has 0 unspecified atom stereocenters. The van der Waals surface area contributed by atoms with Crippen LogP contribution in [0.25, 0.3) is 0 Å². The number of anilines is 3. The number of ether oxygens (including phenoxy) is 2. The molecule has 1 atom stereocenters. The van der Waals surface area contributed by atoms with Crippen molar-refractivity contribution in [2.75, 3.05) is 29.2 Å². The molecule has 0 aliphatic carbocycles. The monoisotopic (exact) mass is 481 g/mol. The lowest BCUT2D eigenvalue weighted by Crippen LogP contribution is -2.34. The number of nitrogens with zero attached hydrogens (tertiary/aromatic N) is 1. The number of amides is 2. The standard InChI is InChI=1S/C24H23N3O6S/c1-32-18-12-10-17(11-13-18)27-23(28)15-21(24(27)29)25-16-6-5-7-19(14-16)34(30,31)26-20-8-3-4-9-22(20)33-2/h3-14,21,25-26H,15H2,1-2H3/t21-/m0/s1. The zero-order valence-corrected chi connectivity index (χ0v) is 19.3. The third kappa shape index (κ3) is 4.67. The maximum absolute atomic E-state index is 12.9. The first-order valence-electron chi connectivity index (χ1n) is 10.4. The van der Waals surface area contributed by atoms with Crippen LogP contribution in [0.2, 0.25) is 0 Å². The minimum Gasteiger partial charge on any atom is -0.497 e. The van der Waals surface area contributed by atoms with E-state index in [2.05, 4.69) is 10.0 Å². The number of sulfonamides is 1. The van der Waals surface area contributed by atoms with Crippen LogP contribution in [-0.2, 0) is 19.6 Å². The number of carbonyl (C=O) groups is 2. The Labute approximate surface area is 197 Å². The Hall–Kier alpha value is -4.05. The molecular weight excluding hydrogens is 458 g/mol. The van der Waals surface area contributed by atoms with Gasteiger partial charge in [0.25, 0.3) is 15.9 Å². The highest BCUT2D eigenvalue weighted by Crippen LogP contribution is 2.29. The largest absolute Gasteiger partial charge is 0.497 e. The van der Waals surface area contributed by atoms with Crippen molar-refractivity contribution in [2.45, 2.75) is 17.4 Å². The Morgan fingerprint density at radius 1 is 0.912 bits per heavy atom. The van der Waals surface area contributed by atoms with Gasteiger partial charge in [-0.15, -0.1) is 0 Å². The Morgan fingerprint density at radius 3 is 2.35 bits per heavy atom. The molecule has 1 aliphatic rings. The van der Waals surface area contributed by atoms with Crippen LogP contribution in [0.5, 0.6) is 11.5 Å². The number of methoxy groups -OCH3 is 2. The predicted octanol–water partition coefficient (Wildman–Crippen LogP) is 3.25. The highest BCUT2D eigenvalue weighted by atomic mass is 32.2. The molecule has 9 nitrogen and oxygen atoms in total. The smallest absolute Gasteiger partial charge is 0.262 e. The molecule has 1 heterocycles. The first-order chi connectivity index (χ1) is 16.3. The summed E-state index contributed by atoms with van der Waals surface area (Å²) < 4.78 is 38.7. The number of benzene rings is 3. The van der Waals surface area contributed by atoms with Crippen molar-refractivity contribution >= 4 is 38.9 Å². The first-order valence-corrected chi connectivity index (χ1v) is 11.8. The summed E-state index contributed by atoms with van der Waals surface area (Å²) in [5, 5.41) is 2.99.